The van der Waals surface area contributed by atoms with E-state index < -0.39 is 5.95 Å². The van der Waals surface area contributed by atoms with E-state index in [1.54, 1.807) is 31.2 Å². The molecule has 3 rings (SSSR count). The molecule has 0 atom stereocenters. The van der Waals surface area contributed by atoms with Gasteiger partial charge in [0.15, 0.2) is 0 Å². The van der Waals surface area contributed by atoms with Crippen LogP contribution in [0.2, 0.25) is 0 Å². The summed E-state index contributed by atoms with van der Waals surface area (Å²) in [4.78, 5) is 16.0. The van der Waals surface area contributed by atoms with Crippen molar-refractivity contribution >= 4 is 11.6 Å². The number of pyridine rings is 1. The Hall–Kier alpha value is -3.21. The van der Waals surface area contributed by atoms with Crippen molar-refractivity contribution in [2.75, 3.05) is 5.32 Å². The van der Waals surface area contributed by atoms with Gasteiger partial charge in [-0.2, -0.15) is 4.39 Å². The number of nitrogens with zero attached hydrogens (tertiary/aromatic N) is 1. The third-order valence-electron chi connectivity index (χ3n) is 3.65. The molecule has 3 aromatic rings. The first-order chi connectivity index (χ1) is 12.0. The molecule has 0 fully saturated rings. The SMILES string of the molecule is Cc1ccc(Oc2cccc(NC(=O)c3ccc(F)nc3C)c2)cc1. The normalized spacial score (nSPS) is 10.4. The third kappa shape index (κ3) is 4.20. The molecule has 25 heavy (non-hydrogen) atoms. The fourth-order valence-electron chi connectivity index (χ4n) is 2.35. The lowest BCUT2D eigenvalue weighted by Crippen LogP contribution is -2.14. The largest absolute Gasteiger partial charge is 0.457 e. The van der Waals surface area contributed by atoms with Crippen LogP contribution in [0.15, 0.2) is 60.7 Å². The van der Waals surface area contributed by atoms with E-state index in [4.69, 9.17) is 4.74 Å². The molecule has 0 aliphatic heterocycles. The molecule has 0 saturated heterocycles. The number of anilines is 1. The second kappa shape index (κ2) is 7.13. The fourth-order valence-corrected chi connectivity index (χ4v) is 2.35. The molecule has 4 nitrogen and oxygen atoms in total. The summed E-state index contributed by atoms with van der Waals surface area (Å²) in [5.41, 5.74) is 2.39. The monoisotopic (exact) mass is 336 g/mol. The molecular weight excluding hydrogens is 319 g/mol. The highest BCUT2D eigenvalue weighted by atomic mass is 19.1. The maximum absolute atomic E-state index is 13.1. The van der Waals surface area contributed by atoms with Crippen LogP contribution in [0.25, 0.3) is 0 Å². The van der Waals surface area contributed by atoms with Gasteiger partial charge in [0.05, 0.1) is 11.3 Å². The number of benzene rings is 2. The molecule has 126 valence electrons. The molecular formula is C20H17FN2O2. The topological polar surface area (TPSA) is 51.2 Å². The van der Waals surface area contributed by atoms with Crippen LogP contribution in [0.3, 0.4) is 0 Å². The van der Waals surface area contributed by atoms with Crippen LogP contribution in [-0.2, 0) is 0 Å². The minimum atomic E-state index is -0.609. The van der Waals surface area contributed by atoms with Crippen LogP contribution in [0.1, 0.15) is 21.6 Å². The molecule has 5 heteroatoms. The Balaban J connectivity index is 1.75. The Morgan fingerprint density at radius 3 is 2.48 bits per heavy atom. The summed E-state index contributed by atoms with van der Waals surface area (Å²) in [6.07, 6.45) is 0. The third-order valence-corrected chi connectivity index (χ3v) is 3.65. The number of aromatic nitrogens is 1. The van der Waals surface area contributed by atoms with E-state index >= 15 is 0 Å². The number of carbonyl (C=O) groups is 1. The van der Waals surface area contributed by atoms with E-state index in [-0.39, 0.29) is 5.91 Å². The molecule has 1 N–H and O–H groups in total. The van der Waals surface area contributed by atoms with Crippen LogP contribution < -0.4 is 10.1 Å². The Kier molecular flexibility index (Phi) is 4.75. The quantitative estimate of drug-likeness (QED) is 0.691. The van der Waals surface area contributed by atoms with Crippen molar-refractivity contribution in [2.45, 2.75) is 13.8 Å². The van der Waals surface area contributed by atoms with Crippen molar-refractivity contribution < 1.29 is 13.9 Å². The van der Waals surface area contributed by atoms with Gasteiger partial charge in [0.2, 0.25) is 5.95 Å². The minimum absolute atomic E-state index is 0.325. The number of rotatable bonds is 4. The van der Waals surface area contributed by atoms with Gasteiger partial charge in [0.1, 0.15) is 11.5 Å². The molecule has 1 amide bonds. The van der Waals surface area contributed by atoms with Gasteiger partial charge < -0.3 is 10.1 Å². The molecule has 2 aromatic carbocycles. The molecule has 0 spiro atoms. The number of hydrogen-bond acceptors (Lipinski definition) is 3. The average molecular weight is 336 g/mol. The van der Waals surface area contributed by atoms with Crippen molar-refractivity contribution in [2.24, 2.45) is 0 Å². The van der Waals surface area contributed by atoms with Crippen molar-refractivity contribution in [3.05, 3.63) is 83.4 Å². The number of nitrogens with one attached hydrogen (secondary N) is 1. The summed E-state index contributed by atoms with van der Waals surface area (Å²) in [7, 11) is 0. The van der Waals surface area contributed by atoms with Crippen LogP contribution in [-0.4, -0.2) is 10.9 Å². The smallest absolute Gasteiger partial charge is 0.257 e. The first-order valence-corrected chi connectivity index (χ1v) is 7.80. The Morgan fingerprint density at radius 1 is 1.00 bits per heavy atom. The van der Waals surface area contributed by atoms with E-state index in [1.165, 1.54) is 12.1 Å². The predicted octanol–water partition coefficient (Wildman–Crippen LogP) is 4.88. The second-order valence-electron chi connectivity index (χ2n) is 5.66. The lowest BCUT2D eigenvalue weighted by atomic mass is 10.2. The summed E-state index contributed by atoms with van der Waals surface area (Å²) >= 11 is 0. The van der Waals surface area contributed by atoms with Crippen molar-refractivity contribution in [1.29, 1.82) is 0 Å². The lowest BCUT2D eigenvalue weighted by molar-refractivity contribution is 0.102. The number of ether oxygens (including phenoxy) is 1. The highest BCUT2D eigenvalue weighted by molar-refractivity contribution is 6.05. The molecule has 0 unspecified atom stereocenters. The van der Waals surface area contributed by atoms with Gasteiger partial charge in [-0.1, -0.05) is 23.8 Å². The Bertz CT molecular complexity index is 908. The molecule has 1 heterocycles. The number of halogens is 1. The second-order valence-corrected chi connectivity index (χ2v) is 5.66. The number of aryl methyl sites for hydroxylation is 2. The van der Waals surface area contributed by atoms with Gasteiger partial charge in [-0.25, -0.2) is 4.98 Å². The zero-order valence-electron chi connectivity index (χ0n) is 13.9. The molecule has 0 saturated carbocycles. The highest BCUT2D eigenvalue weighted by Crippen LogP contribution is 2.24. The number of carbonyl (C=O) groups excluding carboxylic acids is 1. The highest BCUT2D eigenvalue weighted by Gasteiger charge is 2.11. The van der Waals surface area contributed by atoms with Gasteiger partial charge in [0, 0.05) is 11.8 Å². The molecule has 0 aliphatic carbocycles. The van der Waals surface area contributed by atoms with Crippen LogP contribution in [0.4, 0.5) is 10.1 Å². The number of hydrogen-bond donors (Lipinski definition) is 1. The predicted molar refractivity (Wildman–Crippen MR) is 94.6 cm³/mol. The molecule has 0 bridgehead atoms. The van der Waals surface area contributed by atoms with Gasteiger partial charge in [-0.15, -0.1) is 0 Å². The molecule has 0 aliphatic rings. The van der Waals surface area contributed by atoms with Crippen molar-refractivity contribution in [3.8, 4) is 11.5 Å². The summed E-state index contributed by atoms with van der Waals surface area (Å²) in [6.45, 7) is 3.60. The average Bonchev–Trinajstić information content (AvgIpc) is 2.57. The fraction of sp³-hybridized carbons (Fsp3) is 0.100. The van der Waals surface area contributed by atoms with Crippen LogP contribution in [0, 0.1) is 19.8 Å². The van der Waals surface area contributed by atoms with Crippen molar-refractivity contribution in [3.63, 3.8) is 0 Å². The summed E-state index contributed by atoms with van der Waals surface area (Å²) in [5.74, 6) is 0.364. The van der Waals surface area contributed by atoms with E-state index in [2.05, 4.69) is 10.3 Å². The number of amides is 1. The van der Waals surface area contributed by atoms with Crippen molar-refractivity contribution in [1.82, 2.24) is 4.98 Å². The van der Waals surface area contributed by atoms with Gasteiger partial charge in [-0.3, -0.25) is 4.79 Å². The van der Waals surface area contributed by atoms with E-state index in [0.717, 1.165) is 5.56 Å². The van der Waals surface area contributed by atoms with E-state index in [0.29, 0.717) is 28.4 Å². The molecule has 0 radical (unpaired) electrons. The summed E-state index contributed by atoms with van der Waals surface area (Å²) in [5, 5.41) is 2.77. The minimum Gasteiger partial charge on any atom is -0.457 e. The molecule has 1 aromatic heterocycles. The Labute approximate surface area is 145 Å². The van der Waals surface area contributed by atoms with Gasteiger partial charge in [0.25, 0.3) is 5.91 Å². The summed E-state index contributed by atoms with van der Waals surface area (Å²) in [6, 6.07) is 17.3. The van der Waals surface area contributed by atoms with Gasteiger partial charge in [-0.05, 0) is 50.2 Å². The van der Waals surface area contributed by atoms with Gasteiger partial charge >= 0.3 is 0 Å². The van der Waals surface area contributed by atoms with E-state index in [9.17, 15) is 9.18 Å². The summed E-state index contributed by atoms with van der Waals surface area (Å²) < 4.78 is 18.9. The first kappa shape index (κ1) is 16.6. The van der Waals surface area contributed by atoms with Crippen LogP contribution >= 0.6 is 0 Å². The standard InChI is InChI=1S/C20H17FN2O2/c1-13-6-8-16(9-7-13)25-17-5-3-4-15(12-17)23-20(24)18-10-11-19(21)22-14(18)2/h3-12H,1-2H3,(H,23,24). The maximum Gasteiger partial charge on any atom is 0.257 e. The zero-order chi connectivity index (χ0) is 17.8. The lowest BCUT2D eigenvalue weighted by Gasteiger charge is -2.10. The maximum atomic E-state index is 13.1. The Morgan fingerprint density at radius 2 is 1.76 bits per heavy atom. The van der Waals surface area contributed by atoms with Crippen LogP contribution in [0.5, 0.6) is 11.5 Å². The van der Waals surface area contributed by atoms with E-state index in [1.807, 2.05) is 31.2 Å². The zero-order valence-corrected chi connectivity index (χ0v) is 13.9. The first-order valence-electron chi connectivity index (χ1n) is 7.80.